The molecule has 2 N–H and O–H groups in total. The smallest absolute Gasteiger partial charge is 0.251 e. The molecule has 2 amide bonds. The van der Waals surface area contributed by atoms with Gasteiger partial charge in [-0.15, -0.1) is 12.4 Å². The fourth-order valence-corrected chi connectivity index (χ4v) is 2.72. The van der Waals surface area contributed by atoms with Crippen molar-refractivity contribution in [1.82, 2.24) is 15.5 Å². The number of hydrogen-bond acceptors (Lipinski definition) is 3. The number of nitrogens with zero attached hydrogens (tertiary/aromatic N) is 1. The minimum atomic E-state index is -0.336. The first kappa shape index (κ1) is 20.0. The number of rotatable bonds is 4. The highest BCUT2D eigenvalue weighted by atomic mass is 35.5. The molecule has 0 radical (unpaired) electrons. The van der Waals surface area contributed by atoms with Gasteiger partial charge in [0.25, 0.3) is 5.91 Å². The lowest BCUT2D eigenvalue weighted by molar-refractivity contribution is -0.131. The maximum absolute atomic E-state index is 12.1. The third-order valence-electron chi connectivity index (χ3n) is 3.84. The Morgan fingerprint density at radius 2 is 1.87 bits per heavy atom. The van der Waals surface area contributed by atoms with Gasteiger partial charge >= 0.3 is 0 Å². The Balaban J connectivity index is 0.00000264. The van der Waals surface area contributed by atoms with E-state index in [1.54, 1.807) is 17.0 Å². The van der Waals surface area contributed by atoms with Gasteiger partial charge in [-0.25, -0.2) is 0 Å². The predicted octanol–water partition coefficient (Wildman–Crippen LogP) is 2.36. The summed E-state index contributed by atoms with van der Waals surface area (Å²) in [5.41, 5.74) is 0.385. The lowest BCUT2D eigenvalue weighted by Crippen LogP contribution is -2.47. The molecule has 0 unspecified atom stereocenters. The zero-order valence-electron chi connectivity index (χ0n) is 12.8. The molecular formula is C15H20Cl3N3O2. The monoisotopic (exact) mass is 379 g/mol. The Morgan fingerprint density at radius 1 is 1.22 bits per heavy atom. The van der Waals surface area contributed by atoms with Gasteiger partial charge in [-0.3, -0.25) is 9.59 Å². The molecule has 1 aliphatic heterocycles. The molecule has 1 fully saturated rings. The number of carbonyl (C=O) groups excluding carboxylic acids is 2. The van der Waals surface area contributed by atoms with Gasteiger partial charge in [-0.05, 0) is 38.1 Å². The van der Waals surface area contributed by atoms with E-state index in [1.807, 2.05) is 7.05 Å². The third kappa shape index (κ3) is 5.53. The van der Waals surface area contributed by atoms with Crippen LogP contribution in [-0.4, -0.2) is 49.4 Å². The summed E-state index contributed by atoms with van der Waals surface area (Å²) in [4.78, 5) is 25.9. The Hall–Kier alpha value is -1.01. The van der Waals surface area contributed by atoms with Gasteiger partial charge in [0.05, 0.1) is 16.6 Å². The van der Waals surface area contributed by atoms with Crippen molar-refractivity contribution < 1.29 is 9.59 Å². The number of piperidine rings is 1. The van der Waals surface area contributed by atoms with E-state index in [1.165, 1.54) is 6.07 Å². The summed E-state index contributed by atoms with van der Waals surface area (Å²) in [6.45, 7) is 1.42. The maximum Gasteiger partial charge on any atom is 0.251 e. The predicted molar refractivity (Wildman–Crippen MR) is 94.7 cm³/mol. The molecular weight excluding hydrogens is 361 g/mol. The SMILES string of the molecule is CNC1CCN(C(=O)CNC(=O)c2ccc(Cl)c(Cl)c2)CC1.Cl. The second kappa shape index (κ2) is 9.33. The topological polar surface area (TPSA) is 61.4 Å². The van der Waals surface area contributed by atoms with E-state index in [0.717, 1.165) is 12.8 Å². The number of likely N-dealkylation sites (tertiary alicyclic amines) is 1. The van der Waals surface area contributed by atoms with Crippen LogP contribution in [0.3, 0.4) is 0 Å². The number of benzene rings is 1. The Labute approximate surface area is 152 Å². The molecule has 1 aromatic carbocycles. The van der Waals surface area contributed by atoms with Crippen molar-refractivity contribution in [2.24, 2.45) is 0 Å². The van der Waals surface area contributed by atoms with Gasteiger partial charge in [0, 0.05) is 24.7 Å². The highest BCUT2D eigenvalue weighted by Crippen LogP contribution is 2.22. The molecule has 1 heterocycles. The zero-order chi connectivity index (χ0) is 16.1. The van der Waals surface area contributed by atoms with Crippen molar-refractivity contribution in [3.63, 3.8) is 0 Å². The first-order valence-corrected chi connectivity index (χ1v) is 7.95. The Bertz CT molecular complexity index is 561. The Morgan fingerprint density at radius 3 is 2.43 bits per heavy atom. The van der Waals surface area contributed by atoms with Crippen LogP contribution in [-0.2, 0) is 4.79 Å². The summed E-state index contributed by atoms with van der Waals surface area (Å²) < 4.78 is 0. The molecule has 1 saturated heterocycles. The van der Waals surface area contributed by atoms with E-state index < -0.39 is 0 Å². The molecule has 0 aliphatic carbocycles. The van der Waals surface area contributed by atoms with E-state index in [0.29, 0.717) is 34.7 Å². The van der Waals surface area contributed by atoms with E-state index in [4.69, 9.17) is 23.2 Å². The zero-order valence-corrected chi connectivity index (χ0v) is 15.1. The minimum Gasteiger partial charge on any atom is -0.343 e. The molecule has 1 aliphatic rings. The highest BCUT2D eigenvalue weighted by molar-refractivity contribution is 6.42. The second-order valence-corrected chi connectivity index (χ2v) is 6.07. The summed E-state index contributed by atoms with van der Waals surface area (Å²) in [5.74, 6) is -0.403. The molecule has 8 heteroatoms. The van der Waals surface area contributed by atoms with E-state index >= 15 is 0 Å². The van der Waals surface area contributed by atoms with Gasteiger partial charge in [0.15, 0.2) is 0 Å². The summed E-state index contributed by atoms with van der Waals surface area (Å²) >= 11 is 11.7. The average molecular weight is 381 g/mol. The lowest BCUT2D eigenvalue weighted by Gasteiger charge is -2.31. The van der Waals surface area contributed by atoms with Crippen LogP contribution in [0.1, 0.15) is 23.2 Å². The quantitative estimate of drug-likeness (QED) is 0.843. The normalized spacial score (nSPS) is 15.0. The second-order valence-electron chi connectivity index (χ2n) is 5.26. The molecule has 2 rings (SSSR count). The van der Waals surface area contributed by atoms with Crippen LogP contribution in [0, 0.1) is 0 Å². The van der Waals surface area contributed by atoms with Crippen molar-refractivity contribution >= 4 is 47.4 Å². The van der Waals surface area contributed by atoms with Crippen LogP contribution < -0.4 is 10.6 Å². The van der Waals surface area contributed by atoms with Crippen molar-refractivity contribution in [2.45, 2.75) is 18.9 Å². The molecule has 0 saturated carbocycles. The first-order valence-electron chi connectivity index (χ1n) is 7.19. The van der Waals surface area contributed by atoms with Gasteiger partial charge in [0.2, 0.25) is 5.91 Å². The fraction of sp³-hybridized carbons (Fsp3) is 0.467. The minimum absolute atomic E-state index is 0. The largest absolute Gasteiger partial charge is 0.343 e. The van der Waals surface area contributed by atoms with Crippen LogP contribution >= 0.6 is 35.6 Å². The van der Waals surface area contributed by atoms with Gasteiger partial charge < -0.3 is 15.5 Å². The molecule has 0 atom stereocenters. The summed E-state index contributed by atoms with van der Waals surface area (Å²) in [6.07, 6.45) is 1.87. The van der Waals surface area contributed by atoms with Crippen molar-refractivity contribution in [2.75, 3.05) is 26.7 Å². The summed E-state index contributed by atoms with van der Waals surface area (Å²) in [6, 6.07) is 5.09. The summed E-state index contributed by atoms with van der Waals surface area (Å²) in [7, 11) is 1.93. The number of amides is 2. The summed E-state index contributed by atoms with van der Waals surface area (Å²) in [5, 5.41) is 6.54. The molecule has 0 aromatic heterocycles. The lowest BCUT2D eigenvalue weighted by atomic mass is 10.1. The van der Waals surface area contributed by atoms with Crippen molar-refractivity contribution in [3.8, 4) is 0 Å². The molecule has 1 aromatic rings. The van der Waals surface area contributed by atoms with Gasteiger partial charge in [-0.1, -0.05) is 23.2 Å². The molecule has 0 spiro atoms. The fourth-order valence-electron chi connectivity index (χ4n) is 2.42. The molecule has 5 nitrogen and oxygen atoms in total. The van der Waals surface area contributed by atoms with Crippen LogP contribution in [0.5, 0.6) is 0 Å². The number of hydrogen-bond donors (Lipinski definition) is 2. The van der Waals surface area contributed by atoms with Crippen molar-refractivity contribution in [1.29, 1.82) is 0 Å². The van der Waals surface area contributed by atoms with Crippen LogP contribution in [0.25, 0.3) is 0 Å². The van der Waals surface area contributed by atoms with E-state index in [-0.39, 0.29) is 30.8 Å². The number of carbonyl (C=O) groups is 2. The van der Waals surface area contributed by atoms with Crippen LogP contribution in [0.2, 0.25) is 10.0 Å². The van der Waals surface area contributed by atoms with Crippen LogP contribution in [0.15, 0.2) is 18.2 Å². The van der Waals surface area contributed by atoms with Gasteiger partial charge in [-0.2, -0.15) is 0 Å². The molecule has 128 valence electrons. The molecule has 23 heavy (non-hydrogen) atoms. The van der Waals surface area contributed by atoms with E-state index in [2.05, 4.69) is 10.6 Å². The first-order chi connectivity index (χ1) is 10.5. The Kier molecular flexibility index (Phi) is 8.12. The van der Waals surface area contributed by atoms with E-state index in [9.17, 15) is 9.59 Å². The standard InChI is InChI=1S/C15H19Cl2N3O2.ClH/c1-18-11-4-6-20(7-5-11)14(21)9-19-15(22)10-2-3-12(16)13(17)8-10;/h2-3,8,11,18H,4-7,9H2,1H3,(H,19,22);1H. The van der Waals surface area contributed by atoms with Gasteiger partial charge in [0.1, 0.15) is 0 Å². The average Bonchev–Trinajstić information content (AvgIpc) is 2.54. The van der Waals surface area contributed by atoms with Crippen LogP contribution in [0.4, 0.5) is 0 Å². The number of nitrogens with one attached hydrogen (secondary N) is 2. The number of halogens is 3. The third-order valence-corrected chi connectivity index (χ3v) is 4.58. The maximum atomic E-state index is 12.1. The molecule has 0 bridgehead atoms. The van der Waals surface area contributed by atoms with Crippen molar-refractivity contribution in [3.05, 3.63) is 33.8 Å². The highest BCUT2D eigenvalue weighted by Gasteiger charge is 2.22.